The topological polar surface area (TPSA) is 34.1 Å². The molecule has 1 heterocycles. The summed E-state index contributed by atoms with van der Waals surface area (Å²) in [6, 6.07) is 1.83. The number of nitrogens with zero attached hydrogens (tertiary/aromatic N) is 1. The lowest BCUT2D eigenvalue weighted by molar-refractivity contribution is 0.258. The molecule has 0 unspecified atom stereocenters. The number of ether oxygens (including phenoxy) is 1. The van der Waals surface area contributed by atoms with Crippen LogP contribution in [0, 0.1) is 0 Å². The van der Waals surface area contributed by atoms with Gasteiger partial charge in [-0.2, -0.15) is 0 Å². The number of halogens is 3. The summed E-state index contributed by atoms with van der Waals surface area (Å²) in [6.45, 7) is 0.680. The molecule has 90 valence electrons. The monoisotopic (exact) mass is 326 g/mol. The van der Waals surface area contributed by atoms with Crippen molar-refractivity contribution in [3.05, 3.63) is 21.9 Å². The fourth-order valence-electron chi connectivity index (χ4n) is 1.32. The maximum absolute atomic E-state index is 5.78. The van der Waals surface area contributed by atoms with E-state index in [2.05, 4.69) is 26.2 Å². The summed E-state index contributed by atoms with van der Waals surface area (Å²) >= 11 is 9.09. The molecule has 1 fully saturated rings. The van der Waals surface area contributed by atoms with E-state index in [9.17, 15) is 0 Å². The lowest BCUT2D eigenvalue weighted by Crippen LogP contribution is -2.33. The Labute approximate surface area is 114 Å². The zero-order chi connectivity index (χ0) is 10.9. The third-order valence-electron chi connectivity index (χ3n) is 2.67. The summed E-state index contributed by atoms with van der Waals surface area (Å²) in [6.07, 6.45) is 3.98. The van der Waals surface area contributed by atoms with Crippen molar-refractivity contribution in [2.75, 3.05) is 13.7 Å². The Morgan fingerprint density at radius 1 is 1.62 bits per heavy atom. The van der Waals surface area contributed by atoms with Crippen LogP contribution in [0.3, 0.4) is 0 Å². The van der Waals surface area contributed by atoms with Gasteiger partial charge in [-0.1, -0.05) is 11.6 Å². The summed E-state index contributed by atoms with van der Waals surface area (Å²) in [5.74, 6) is 0.743. The van der Waals surface area contributed by atoms with Gasteiger partial charge in [0.1, 0.15) is 17.5 Å². The van der Waals surface area contributed by atoms with Gasteiger partial charge in [0, 0.05) is 0 Å². The van der Waals surface area contributed by atoms with Gasteiger partial charge in [-0.15, -0.1) is 12.4 Å². The van der Waals surface area contributed by atoms with Crippen LogP contribution >= 0.6 is 39.9 Å². The van der Waals surface area contributed by atoms with E-state index in [1.807, 2.05) is 13.1 Å². The average Bonchev–Trinajstić information content (AvgIpc) is 3.01. The van der Waals surface area contributed by atoms with Gasteiger partial charge < -0.3 is 10.1 Å². The molecular weight excluding hydrogens is 315 g/mol. The highest BCUT2D eigenvalue weighted by Crippen LogP contribution is 2.35. The minimum atomic E-state index is 0. The maximum atomic E-state index is 5.78. The van der Waals surface area contributed by atoms with Crippen molar-refractivity contribution >= 4 is 39.9 Å². The number of rotatable bonds is 4. The van der Waals surface area contributed by atoms with Crippen molar-refractivity contribution in [2.24, 2.45) is 0 Å². The molecule has 1 aromatic rings. The summed E-state index contributed by atoms with van der Waals surface area (Å²) in [5, 5.41) is 3.72. The van der Waals surface area contributed by atoms with Gasteiger partial charge in [0.2, 0.25) is 0 Å². The summed E-state index contributed by atoms with van der Waals surface area (Å²) in [5.41, 5.74) is 0.187. The molecule has 2 rings (SSSR count). The van der Waals surface area contributed by atoms with Gasteiger partial charge in [-0.3, -0.25) is 0 Å². The second-order valence-electron chi connectivity index (χ2n) is 3.76. The Morgan fingerprint density at radius 3 is 2.81 bits per heavy atom. The van der Waals surface area contributed by atoms with Crippen LogP contribution in [0.4, 0.5) is 0 Å². The highest BCUT2D eigenvalue weighted by molar-refractivity contribution is 9.10. The molecule has 0 bridgehead atoms. The highest BCUT2D eigenvalue weighted by Gasteiger charge is 2.41. The van der Waals surface area contributed by atoms with Crippen molar-refractivity contribution in [3.8, 4) is 5.75 Å². The van der Waals surface area contributed by atoms with Crippen LogP contribution in [0.5, 0.6) is 5.75 Å². The van der Waals surface area contributed by atoms with E-state index < -0.39 is 0 Å². The van der Waals surface area contributed by atoms with Crippen LogP contribution in [0.2, 0.25) is 5.15 Å². The molecule has 0 aliphatic heterocycles. The van der Waals surface area contributed by atoms with Crippen molar-refractivity contribution < 1.29 is 4.74 Å². The first kappa shape index (κ1) is 14.0. The second kappa shape index (κ2) is 5.54. The number of nitrogens with one attached hydrogen (secondary N) is 1. The summed E-state index contributed by atoms with van der Waals surface area (Å²) in [7, 11) is 1.96. The maximum Gasteiger partial charge on any atom is 0.143 e. The van der Waals surface area contributed by atoms with Crippen LogP contribution in [-0.4, -0.2) is 24.2 Å². The molecule has 1 aliphatic carbocycles. The molecule has 1 N–H and O–H groups in total. The molecule has 1 aromatic heterocycles. The van der Waals surface area contributed by atoms with Crippen LogP contribution in [-0.2, 0) is 0 Å². The Kier molecular flexibility index (Phi) is 4.86. The lowest BCUT2D eigenvalue weighted by Gasteiger charge is -2.15. The SMILES string of the molecule is CNC1(COc2cnc(Cl)c(Br)c2)CC1.Cl. The molecule has 0 spiro atoms. The molecule has 1 saturated carbocycles. The van der Waals surface area contributed by atoms with E-state index >= 15 is 0 Å². The first-order valence-corrected chi connectivity index (χ1v) is 5.95. The van der Waals surface area contributed by atoms with Crippen molar-refractivity contribution in [1.82, 2.24) is 10.3 Å². The standard InChI is InChI=1S/C10H12BrClN2O.ClH/c1-13-10(2-3-10)6-15-7-4-8(11)9(12)14-5-7;/h4-5,13H,2-3,6H2,1H3;1H. The predicted molar refractivity (Wildman–Crippen MR) is 70.7 cm³/mol. The fourth-order valence-corrected chi connectivity index (χ4v) is 1.75. The van der Waals surface area contributed by atoms with E-state index in [0.717, 1.165) is 10.2 Å². The molecule has 3 nitrogen and oxygen atoms in total. The largest absolute Gasteiger partial charge is 0.490 e. The Bertz CT molecular complexity index is 372. The van der Waals surface area contributed by atoms with Gasteiger partial charge >= 0.3 is 0 Å². The van der Waals surface area contributed by atoms with Gasteiger partial charge in [-0.05, 0) is 41.9 Å². The minimum Gasteiger partial charge on any atom is -0.490 e. The van der Waals surface area contributed by atoms with Crippen molar-refractivity contribution in [3.63, 3.8) is 0 Å². The third kappa shape index (κ3) is 3.23. The lowest BCUT2D eigenvalue weighted by atomic mass is 10.3. The van der Waals surface area contributed by atoms with E-state index in [-0.39, 0.29) is 17.9 Å². The van der Waals surface area contributed by atoms with Gasteiger partial charge in [0.05, 0.1) is 16.2 Å². The zero-order valence-electron chi connectivity index (χ0n) is 8.80. The number of hydrogen-bond donors (Lipinski definition) is 1. The predicted octanol–water partition coefficient (Wildman–Crippen LogP) is 3.05. The smallest absolute Gasteiger partial charge is 0.143 e. The molecule has 0 amide bonds. The average molecular weight is 328 g/mol. The van der Waals surface area contributed by atoms with Crippen LogP contribution in [0.15, 0.2) is 16.7 Å². The van der Waals surface area contributed by atoms with E-state index in [0.29, 0.717) is 11.8 Å². The fraction of sp³-hybridized carbons (Fsp3) is 0.500. The van der Waals surface area contributed by atoms with Crippen LogP contribution in [0.25, 0.3) is 0 Å². The quantitative estimate of drug-likeness (QED) is 0.863. The van der Waals surface area contributed by atoms with E-state index in [4.69, 9.17) is 16.3 Å². The normalized spacial score (nSPS) is 16.4. The molecule has 1 aliphatic rings. The zero-order valence-corrected chi connectivity index (χ0v) is 12.0. The van der Waals surface area contributed by atoms with Crippen molar-refractivity contribution in [1.29, 1.82) is 0 Å². The Balaban J connectivity index is 0.00000128. The van der Waals surface area contributed by atoms with Gasteiger partial charge in [-0.25, -0.2) is 4.98 Å². The van der Waals surface area contributed by atoms with E-state index in [1.54, 1.807) is 6.20 Å². The molecular formula is C10H13BrCl2N2O. The molecule has 0 radical (unpaired) electrons. The first-order valence-electron chi connectivity index (χ1n) is 4.78. The van der Waals surface area contributed by atoms with Gasteiger partial charge in [0.15, 0.2) is 0 Å². The van der Waals surface area contributed by atoms with Crippen molar-refractivity contribution in [2.45, 2.75) is 18.4 Å². The first-order chi connectivity index (χ1) is 7.15. The third-order valence-corrected chi connectivity index (χ3v) is 3.80. The molecule has 0 atom stereocenters. The van der Waals surface area contributed by atoms with Crippen LogP contribution in [0.1, 0.15) is 12.8 Å². The van der Waals surface area contributed by atoms with E-state index in [1.165, 1.54) is 12.8 Å². The summed E-state index contributed by atoms with van der Waals surface area (Å²) in [4.78, 5) is 4.00. The van der Waals surface area contributed by atoms with Crippen LogP contribution < -0.4 is 10.1 Å². The van der Waals surface area contributed by atoms with Gasteiger partial charge in [0.25, 0.3) is 0 Å². The number of pyridine rings is 1. The minimum absolute atomic E-state index is 0. The summed E-state index contributed by atoms with van der Waals surface area (Å²) < 4.78 is 6.41. The Hall–Kier alpha value is -0.0300. The second-order valence-corrected chi connectivity index (χ2v) is 4.98. The Morgan fingerprint density at radius 2 is 2.31 bits per heavy atom. The molecule has 16 heavy (non-hydrogen) atoms. The number of aromatic nitrogens is 1. The molecule has 6 heteroatoms. The molecule has 0 saturated heterocycles. The molecule has 0 aromatic carbocycles. The number of likely N-dealkylation sites (N-methyl/N-ethyl adjacent to an activating group) is 1. The number of hydrogen-bond acceptors (Lipinski definition) is 3. The highest BCUT2D eigenvalue weighted by atomic mass is 79.9.